The van der Waals surface area contributed by atoms with Gasteiger partial charge in [-0.2, -0.15) is 18.4 Å². The SMILES string of the molecule is N#C[C@@](CC(=O)c1ccc([N+](=O)[O-])cc1)(c1ccccc1)C(F)(F)F. The van der Waals surface area contributed by atoms with Crippen molar-refractivity contribution in [3.63, 3.8) is 0 Å². The number of alkyl halides is 3. The molecular weight excluding hydrogens is 337 g/mol. The lowest BCUT2D eigenvalue weighted by Crippen LogP contribution is -2.43. The number of halogens is 3. The van der Waals surface area contributed by atoms with E-state index in [0.29, 0.717) is 0 Å². The van der Waals surface area contributed by atoms with Gasteiger partial charge in [0.1, 0.15) is 0 Å². The Bertz CT molecular complexity index is 827. The maximum absolute atomic E-state index is 13.6. The van der Waals surface area contributed by atoms with Crippen LogP contribution >= 0.6 is 0 Å². The third-order valence-corrected chi connectivity index (χ3v) is 3.77. The van der Waals surface area contributed by atoms with E-state index in [1.165, 1.54) is 24.3 Å². The van der Waals surface area contributed by atoms with Crippen molar-refractivity contribution in [3.05, 3.63) is 75.8 Å². The van der Waals surface area contributed by atoms with Gasteiger partial charge < -0.3 is 0 Å². The highest BCUT2D eigenvalue weighted by Gasteiger charge is 2.57. The minimum atomic E-state index is -4.97. The topological polar surface area (TPSA) is 84.0 Å². The van der Waals surface area contributed by atoms with Crippen LogP contribution < -0.4 is 0 Å². The molecule has 5 nitrogen and oxygen atoms in total. The van der Waals surface area contributed by atoms with E-state index in [2.05, 4.69) is 0 Å². The number of nitriles is 1. The van der Waals surface area contributed by atoms with Crippen LogP contribution in [0.15, 0.2) is 54.6 Å². The van der Waals surface area contributed by atoms with E-state index in [1.807, 2.05) is 0 Å². The molecule has 0 N–H and O–H groups in total. The fourth-order valence-corrected chi connectivity index (χ4v) is 2.37. The fourth-order valence-electron chi connectivity index (χ4n) is 2.37. The monoisotopic (exact) mass is 348 g/mol. The summed E-state index contributed by atoms with van der Waals surface area (Å²) in [4.78, 5) is 22.2. The van der Waals surface area contributed by atoms with Gasteiger partial charge in [0.25, 0.3) is 5.69 Å². The van der Waals surface area contributed by atoms with E-state index in [9.17, 15) is 33.3 Å². The molecule has 2 aromatic rings. The molecule has 1 atom stereocenters. The number of non-ortho nitro benzene ring substituents is 1. The maximum atomic E-state index is 13.6. The molecule has 2 rings (SSSR count). The summed E-state index contributed by atoms with van der Waals surface area (Å²) in [7, 11) is 0. The van der Waals surface area contributed by atoms with E-state index in [4.69, 9.17) is 0 Å². The number of rotatable bonds is 5. The molecule has 0 amide bonds. The summed E-state index contributed by atoms with van der Waals surface area (Å²) in [5, 5.41) is 19.9. The van der Waals surface area contributed by atoms with E-state index in [-0.39, 0.29) is 16.8 Å². The van der Waals surface area contributed by atoms with Crippen molar-refractivity contribution < 1.29 is 22.9 Å². The van der Waals surface area contributed by atoms with Crippen LogP contribution in [-0.4, -0.2) is 16.9 Å². The highest BCUT2D eigenvalue weighted by atomic mass is 19.4. The molecule has 0 heterocycles. The van der Waals surface area contributed by atoms with E-state index >= 15 is 0 Å². The van der Waals surface area contributed by atoms with Crippen LogP contribution in [0.2, 0.25) is 0 Å². The normalized spacial score (nSPS) is 13.5. The van der Waals surface area contributed by atoms with Crippen LogP contribution in [-0.2, 0) is 5.41 Å². The molecule has 0 aromatic heterocycles. The van der Waals surface area contributed by atoms with E-state index < -0.39 is 28.7 Å². The van der Waals surface area contributed by atoms with Gasteiger partial charge in [0, 0.05) is 24.1 Å². The first-order valence-corrected chi connectivity index (χ1v) is 7.02. The second-order valence-corrected chi connectivity index (χ2v) is 5.28. The predicted octanol–water partition coefficient (Wildman–Crippen LogP) is 4.19. The van der Waals surface area contributed by atoms with Gasteiger partial charge in [-0.05, 0) is 17.7 Å². The minimum Gasteiger partial charge on any atom is -0.294 e. The Morgan fingerprint density at radius 3 is 2.08 bits per heavy atom. The third kappa shape index (κ3) is 3.50. The van der Waals surface area contributed by atoms with Crippen molar-refractivity contribution in [2.24, 2.45) is 0 Å². The Labute approximate surface area is 140 Å². The van der Waals surface area contributed by atoms with Crippen LogP contribution in [0.3, 0.4) is 0 Å². The van der Waals surface area contributed by atoms with Crippen LogP contribution in [0.5, 0.6) is 0 Å². The number of carbonyl (C=O) groups excluding carboxylic acids is 1. The lowest BCUT2D eigenvalue weighted by atomic mass is 9.76. The molecule has 8 heteroatoms. The molecule has 0 bridgehead atoms. The van der Waals surface area contributed by atoms with Crippen molar-refractivity contribution in [1.82, 2.24) is 0 Å². The fraction of sp³-hybridized carbons (Fsp3) is 0.176. The number of benzene rings is 2. The van der Waals surface area contributed by atoms with Crippen LogP contribution in [0.25, 0.3) is 0 Å². The van der Waals surface area contributed by atoms with Crippen LogP contribution in [0.4, 0.5) is 18.9 Å². The molecule has 0 spiro atoms. The Hall–Kier alpha value is -3.21. The zero-order chi connectivity index (χ0) is 18.7. The van der Waals surface area contributed by atoms with E-state index in [0.717, 1.165) is 36.4 Å². The summed E-state index contributed by atoms with van der Waals surface area (Å²) in [6, 6.07) is 11.9. The van der Waals surface area contributed by atoms with Crippen molar-refractivity contribution in [3.8, 4) is 6.07 Å². The number of ketones is 1. The van der Waals surface area contributed by atoms with Crippen molar-refractivity contribution >= 4 is 11.5 Å². The summed E-state index contributed by atoms with van der Waals surface area (Å²) in [5.74, 6) is -0.933. The summed E-state index contributed by atoms with van der Waals surface area (Å²) >= 11 is 0. The molecule has 0 unspecified atom stereocenters. The molecule has 0 saturated carbocycles. The average molecular weight is 348 g/mol. The number of carbonyl (C=O) groups is 1. The molecule has 128 valence electrons. The summed E-state index contributed by atoms with van der Waals surface area (Å²) < 4.78 is 40.9. The zero-order valence-corrected chi connectivity index (χ0v) is 12.7. The Morgan fingerprint density at radius 2 is 1.64 bits per heavy atom. The average Bonchev–Trinajstić information content (AvgIpc) is 2.59. The molecule has 0 saturated heterocycles. The third-order valence-electron chi connectivity index (χ3n) is 3.77. The Kier molecular flexibility index (Phi) is 4.88. The van der Waals surface area contributed by atoms with Crippen LogP contribution in [0, 0.1) is 21.4 Å². The number of Topliss-reactive ketones (excluding diaryl/α,β-unsaturated/α-hetero) is 1. The van der Waals surface area contributed by atoms with Gasteiger partial charge in [0.05, 0.1) is 11.0 Å². The minimum absolute atomic E-state index is 0.134. The quantitative estimate of drug-likeness (QED) is 0.461. The largest absolute Gasteiger partial charge is 0.411 e. The van der Waals surface area contributed by atoms with Gasteiger partial charge in [-0.25, -0.2) is 0 Å². The number of nitro groups is 1. The number of nitrogens with zero attached hydrogens (tertiary/aromatic N) is 2. The molecule has 0 aliphatic carbocycles. The van der Waals surface area contributed by atoms with Gasteiger partial charge in [-0.3, -0.25) is 14.9 Å². The highest BCUT2D eigenvalue weighted by Crippen LogP contribution is 2.44. The van der Waals surface area contributed by atoms with Crippen molar-refractivity contribution in [2.75, 3.05) is 0 Å². The van der Waals surface area contributed by atoms with Crippen molar-refractivity contribution in [2.45, 2.75) is 18.0 Å². The zero-order valence-electron chi connectivity index (χ0n) is 12.7. The first-order chi connectivity index (χ1) is 11.7. The summed E-state index contributed by atoms with van der Waals surface area (Å²) in [5.41, 5.74) is -3.75. The van der Waals surface area contributed by atoms with Gasteiger partial charge in [0.15, 0.2) is 11.2 Å². The molecule has 0 radical (unpaired) electrons. The van der Waals surface area contributed by atoms with Gasteiger partial charge in [-0.15, -0.1) is 0 Å². The Morgan fingerprint density at radius 1 is 1.08 bits per heavy atom. The molecular formula is C17H11F3N2O3. The van der Waals surface area contributed by atoms with Crippen LogP contribution in [0.1, 0.15) is 22.3 Å². The number of hydrogen-bond acceptors (Lipinski definition) is 4. The highest BCUT2D eigenvalue weighted by molar-refractivity contribution is 5.97. The molecule has 25 heavy (non-hydrogen) atoms. The molecule has 2 aromatic carbocycles. The second-order valence-electron chi connectivity index (χ2n) is 5.28. The molecule has 0 fully saturated rings. The predicted molar refractivity (Wildman–Crippen MR) is 81.8 cm³/mol. The van der Waals surface area contributed by atoms with E-state index in [1.54, 1.807) is 0 Å². The standard InChI is InChI=1S/C17H11F3N2O3/c18-17(19,20)16(11-21,13-4-2-1-3-5-13)10-15(23)12-6-8-14(9-7-12)22(24)25/h1-9H,10H2/t16-/m0/s1. The number of hydrogen-bond donors (Lipinski definition) is 0. The lowest BCUT2D eigenvalue weighted by molar-refractivity contribution is -0.384. The number of nitro benzene ring substituents is 1. The van der Waals surface area contributed by atoms with Gasteiger partial charge in [-0.1, -0.05) is 30.3 Å². The smallest absolute Gasteiger partial charge is 0.294 e. The van der Waals surface area contributed by atoms with Gasteiger partial charge in [0.2, 0.25) is 0 Å². The lowest BCUT2D eigenvalue weighted by Gasteiger charge is -2.29. The van der Waals surface area contributed by atoms with Gasteiger partial charge >= 0.3 is 6.18 Å². The Balaban J connectivity index is 2.42. The maximum Gasteiger partial charge on any atom is 0.411 e. The summed E-state index contributed by atoms with van der Waals surface area (Å²) in [6.07, 6.45) is -6.09. The van der Waals surface area contributed by atoms with Crippen molar-refractivity contribution in [1.29, 1.82) is 5.26 Å². The molecule has 0 aliphatic rings. The molecule has 0 aliphatic heterocycles. The first-order valence-electron chi connectivity index (χ1n) is 7.02. The summed E-state index contributed by atoms with van der Waals surface area (Å²) in [6.45, 7) is 0. The second kappa shape index (κ2) is 6.73. The first kappa shape index (κ1) is 18.1.